The summed E-state index contributed by atoms with van der Waals surface area (Å²) in [5.74, 6) is 0.862. The van der Waals surface area contributed by atoms with Crippen LogP contribution in [0.4, 0.5) is 5.82 Å². The average Bonchev–Trinajstić information content (AvgIpc) is 2.55. The molecule has 4 nitrogen and oxygen atoms in total. The van der Waals surface area contributed by atoms with E-state index in [1.54, 1.807) is 12.1 Å². The Kier molecular flexibility index (Phi) is 4.82. The minimum absolute atomic E-state index is 0.106. The van der Waals surface area contributed by atoms with Crippen LogP contribution in [0.1, 0.15) is 28.9 Å². The molecule has 120 valence electrons. The van der Waals surface area contributed by atoms with Gasteiger partial charge in [0.15, 0.2) is 0 Å². The first-order valence-corrected chi connectivity index (χ1v) is 8.25. The number of aromatic nitrogens is 1. The first kappa shape index (κ1) is 15.8. The van der Waals surface area contributed by atoms with Crippen LogP contribution in [-0.2, 0) is 0 Å². The molecule has 1 saturated heterocycles. The van der Waals surface area contributed by atoms with Crippen molar-refractivity contribution in [3.8, 4) is 0 Å². The van der Waals surface area contributed by atoms with E-state index in [9.17, 15) is 4.79 Å². The predicted molar refractivity (Wildman–Crippen MR) is 93.1 cm³/mol. The number of carbonyl (C=O) groups excluding carboxylic acids is 1. The van der Waals surface area contributed by atoms with E-state index in [4.69, 9.17) is 11.6 Å². The second-order valence-electron chi connectivity index (χ2n) is 5.88. The van der Waals surface area contributed by atoms with E-state index in [0.29, 0.717) is 10.6 Å². The van der Waals surface area contributed by atoms with Crippen LogP contribution in [0, 0.1) is 6.92 Å². The molecule has 2 aromatic rings. The van der Waals surface area contributed by atoms with Crippen molar-refractivity contribution in [2.45, 2.75) is 25.8 Å². The molecule has 1 N–H and O–H groups in total. The maximum atomic E-state index is 12.4. The molecule has 3 rings (SSSR count). The van der Waals surface area contributed by atoms with Gasteiger partial charge in [-0.2, -0.15) is 0 Å². The van der Waals surface area contributed by atoms with E-state index < -0.39 is 0 Å². The Bertz CT molecular complexity index is 704. The minimum atomic E-state index is -0.111. The van der Waals surface area contributed by atoms with E-state index in [2.05, 4.69) is 15.2 Å². The second-order valence-corrected chi connectivity index (χ2v) is 6.28. The molecule has 5 heteroatoms. The van der Waals surface area contributed by atoms with Gasteiger partial charge in [0, 0.05) is 24.8 Å². The lowest BCUT2D eigenvalue weighted by Crippen LogP contribution is -2.48. The predicted octanol–water partition coefficient (Wildman–Crippen LogP) is 3.44. The number of amides is 1. The number of anilines is 1. The van der Waals surface area contributed by atoms with Gasteiger partial charge in [0.05, 0.1) is 10.6 Å². The van der Waals surface area contributed by atoms with Gasteiger partial charge in [0.25, 0.3) is 5.91 Å². The Morgan fingerprint density at radius 1 is 1.26 bits per heavy atom. The highest BCUT2D eigenvalue weighted by molar-refractivity contribution is 6.33. The number of aryl methyl sites for hydroxylation is 1. The number of nitrogens with zero attached hydrogens (tertiary/aromatic N) is 2. The Morgan fingerprint density at radius 3 is 2.87 bits per heavy atom. The summed E-state index contributed by atoms with van der Waals surface area (Å²) >= 11 is 6.10. The molecule has 2 heterocycles. The number of carbonyl (C=O) groups is 1. The SMILES string of the molecule is Cc1cccc(N2CCC[C@H](NC(=O)c3ccccc3Cl)C2)n1. The average molecular weight is 330 g/mol. The lowest BCUT2D eigenvalue weighted by atomic mass is 10.0. The summed E-state index contributed by atoms with van der Waals surface area (Å²) < 4.78 is 0. The third-order valence-corrected chi connectivity index (χ3v) is 4.40. The van der Waals surface area contributed by atoms with Crippen LogP contribution in [0.5, 0.6) is 0 Å². The van der Waals surface area contributed by atoms with Crippen LogP contribution >= 0.6 is 11.6 Å². The van der Waals surface area contributed by atoms with Crippen molar-refractivity contribution >= 4 is 23.3 Å². The van der Waals surface area contributed by atoms with Gasteiger partial charge in [-0.15, -0.1) is 0 Å². The van der Waals surface area contributed by atoms with Crippen molar-refractivity contribution in [3.63, 3.8) is 0 Å². The fourth-order valence-corrected chi connectivity index (χ4v) is 3.14. The molecule has 0 aliphatic carbocycles. The van der Waals surface area contributed by atoms with Gasteiger partial charge in [-0.3, -0.25) is 4.79 Å². The Labute approximate surface area is 141 Å². The summed E-state index contributed by atoms with van der Waals surface area (Å²) in [6.45, 7) is 3.73. The van der Waals surface area contributed by atoms with E-state index in [1.165, 1.54) is 0 Å². The molecule has 1 aliphatic rings. The number of halogens is 1. The third kappa shape index (κ3) is 3.82. The lowest BCUT2D eigenvalue weighted by Gasteiger charge is -2.34. The van der Waals surface area contributed by atoms with Crippen molar-refractivity contribution in [1.82, 2.24) is 10.3 Å². The highest BCUT2D eigenvalue weighted by Crippen LogP contribution is 2.19. The van der Waals surface area contributed by atoms with Gasteiger partial charge in [-0.25, -0.2) is 4.98 Å². The number of piperidine rings is 1. The van der Waals surface area contributed by atoms with Crippen molar-refractivity contribution in [2.24, 2.45) is 0 Å². The van der Waals surface area contributed by atoms with Gasteiger partial charge in [-0.05, 0) is 44.0 Å². The Morgan fingerprint density at radius 2 is 2.09 bits per heavy atom. The molecule has 0 bridgehead atoms. The molecule has 0 unspecified atom stereocenters. The molecule has 1 aliphatic heterocycles. The molecule has 0 radical (unpaired) electrons. The van der Waals surface area contributed by atoms with Gasteiger partial charge in [0.1, 0.15) is 5.82 Å². The maximum absolute atomic E-state index is 12.4. The highest BCUT2D eigenvalue weighted by atomic mass is 35.5. The van der Waals surface area contributed by atoms with Gasteiger partial charge in [-0.1, -0.05) is 29.8 Å². The third-order valence-electron chi connectivity index (χ3n) is 4.07. The first-order chi connectivity index (χ1) is 11.1. The molecule has 23 heavy (non-hydrogen) atoms. The van der Waals surface area contributed by atoms with Crippen molar-refractivity contribution < 1.29 is 4.79 Å². The minimum Gasteiger partial charge on any atom is -0.355 e. The Balaban J connectivity index is 1.67. The number of hydrogen-bond donors (Lipinski definition) is 1. The number of nitrogens with one attached hydrogen (secondary N) is 1. The maximum Gasteiger partial charge on any atom is 0.253 e. The number of pyridine rings is 1. The van der Waals surface area contributed by atoms with Crippen LogP contribution in [0.3, 0.4) is 0 Å². The largest absolute Gasteiger partial charge is 0.355 e. The first-order valence-electron chi connectivity index (χ1n) is 7.87. The monoisotopic (exact) mass is 329 g/mol. The zero-order chi connectivity index (χ0) is 16.2. The highest BCUT2D eigenvalue weighted by Gasteiger charge is 2.23. The number of hydrogen-bond acceptors (Lipinski definition) is 3. The Hall–Kier alpha value is -2.07. The summed E-state index contributed by atoms with van der Waals surface area (Å²) in [4.78, 5) is 19.2. The molecule has 1 aromatic carbocycles. The topological polar surface area (TPSA) is 45.2 Å². The molecule has 0 saturated carbocycles. The van der Waals surface area contributed by atoms with E-state index in [-0.39, 0.29) is 11.9 Å². The van der Waals surface area contributed by atoms with E-state index in [1.807, 2.05) is 37.3 Å². The molecular formula is C18H20ClN3O. The summed E-state index contributed by atoms with van der Waals surface area (Å²) in [5.41, 5.74) is 1.53. The van der Waals surface area contributed by atoms with Crippen LogP contribution in [-0.4, -0.2) is 30.0 Å². The van der Waals surface area contributed by atoms with Crippen LogP contribution in [0.25, 0.3) is 0 Å². The fourth-order valence-electron chi connectivity index (χ4n) is 2.92. The summed E-state index contributed by atoms with van der Waals surface area (Å²) in [6.07, 6.45) is 2.00. The molecule has 1 atom stereocenters. The van der Waals surface area contributed by atoms with Crippen molar-refractivity contribution in [1.29, 1.82) is 0 Å². The van der Waals surface area contributed by atoms with Crippen LogP contribution in [0.15, 0.2) is 42.5 Å². The molecule has 1 fully saturated rings. The standard InChI is InChI=1S/C18H20ClN3O/c1-13-6-4-10-17(20-13)22-11-5-7-14(12-22)21-18(23)15-8-2-3-9-16(15)19/h2-4,6,8-10,14H,5,7,11-12H2,1H3,(H,21,23)/t14-/m0/s1. The molecule has 0 spiro atoms. The second kappa shape index (κ2) is 7.01. The van der Waals surface area contributed by atoms with E-state index >= 15 is 0 Å². The summed E-state index contributed by atoms with van der Waals surface area (Å²) in [7, 11) is 0. The summed E-state index contributed by atoms with van der Waals surface area (Å²) in [6, 6.07) is 13.3. The van der Waals surface area contributed by atoms with Crippen molar-refractivity contribution in [3.05, 3.63) is 58.7 Å². The zero-order valence-electron chi connectivity index (χ0n) is 13.1. The normalized spacial score (nSPS) is 17.8. The summed E-state index contributed by atoms with van der Waals surface area (Å²) in [5, 5.41) is 3.58. The van der Waals surface area contributed by atoms with Crippen molar-refractivity contribution in [2.75, 3.05) is 18.0 Å². The number of rotatable bonds is 3. The fraction of sp³-hybridized carbons (Fsp3) is 0.333. The van der Waals surface area contributed by atoms with Gasteiger partial charge in [0.2, 0.25) is 0 Å². The molecular weight excluding hydrogens is 310 g/mol. The van der Waals surface area contributed by atoms with E-state index in [0.717, 1.165) is 37.4 Å². The smallest absolute Gasteiger partial charge is 0.253 e. The van der Waals surface area contributed by atoms with Gasteiger partial charge >= 0.3 is 0 Å². The molecule has 1 amide bonds. The lowest BCUT2D eigenvalue weighted by molar-refractivity contribution is 0.0933. The van der Waals surface area contributed by atoms with Crippen LogP contribution in [0.2, 0.25) is 5.02 Å². The molecule has 1 aromatic heterocycles. The van der Waals surface area contributed by atoms with Gasteiger partial charge < -0.3 is 10.2 Å². The number of benzene rings is 1. The van der Waals surface area contributed by atoms with Crippen LogP contribution < -0.4 is 10.2 Å². The quantitative estimate of drug-likeness (QED) is 0.938. The zero-order valence-corrected chi connectivity index (χ0v) is 13.9.